The Kier molecular flexibility index (Phi) is 7.96. The second-order valence-electron chi connectivity index (χ2n) is 6.08. The van der Waals surface area contributed by atoms with E-state index < -0.39 is 0 Å². The first-order valence-electron chi connectivity index (χ1n) is 8.29. The molecular weight excluding hydrogens is 234 g/mol. The second-order valence-corrected chi connectivity index (χ2v) is 6.08. The first-order valence-corrected chi connectivity index (χ1v) is 8.29. The maximum absolute atomic E-state index is 3.57. The van der Waals surface area contributed by atoms with Gasteiger partial charge in [0.2, 0.25) is 0 Å². The summed E-state index contributed by atoms with van der Waals surface area (Å²) in [5.41, 5.74) is 0. The molecule has 3 unspecified atom stereocenters. The van der Waals surface area contributed by atoms with E-state index in [0.717, 1.165) is 6.04 Å². The zero-order chi connectivity index (χ0) is 14.3. The Hall–Kier alpha value is -0.120. The van der Waals surface area contributed by atoms with E-state index in [1.54, 1.807) is 0 Å². The minimum atomic E-state index is 0.646. The normalized spacial score (nSPS) is 26.1. The van der Waals surface area contributed by atoms with Gasteiger partial charge in [0.15, 0.2) is 0 Å². The molecule has 1 fully saturated rings. The molecule has 0 bridgehead atoms. The van der Waals surface area contributed by atoms with Crippen molar-refractivity contribution in [1.29, 1.82) is 0 Å². The van der Waals surface area contributed by atoms with Crippen LogP contribution < -0.4 is 5.32 Å². The molecule has 0 saturated carbocycles. The number of rotatable bonds is 7. The predicted octanol–water partition coefficient (Wildman–Crippen LogP) is 2.57. The summed E-state index contributed by atoms with van der Waals surface area (Å²) in [7, 11) is 4.41. The summed E-state index contributed by atoms with van der Waals surface area (Å²) in [6.07, 6.45) is 6.39. The molecule has 1 rings (SSSR count). The van der Waals surface area contributed by atoms with Crippen molar-refractivity contribution < 1.29 is 0 Å². The van der Waals surface area contributed by atoms with E-state index in [0.29, 0.717) is 12.1 Å². The lowest BCUT2D eigenvalue weighted by molar-refractivity contribution is 0.0963. The van der Waals surface area contributed by atoms with Gasteiger partial charge in [0.25, 0.3) is 0 Å². The molecule has 0 amide bonds. The smallest absolute Gasteiger partial charge is 0.0250 e. The lowest BCUT2D eigenvalue weighted by Crippen LogP contribution is -2.54. The number of nitrogens with one attached hydrogen (secondary N) is 1. The van der Waals surface area contributed by atoms with Crippen LogP contribution in [0.25, 0.3) is 0 Å². The second kappa shape index (κ2) is 8.93. The third-order valence-electron chi connectivity index (χ3n) is 4.70. The maximum atomic E-state index is 3.57. The average Bonchev–Trinajstić information content (AvgIpc) is 2.60. The van der Waals surface area contributed by atoms with E-state index in [-0.39, 0.29) is 0 Å². The van der Waals surface area contributed by atoms with E-state index in [4.69, 9.17) is 0 Å². The summed E-state index contributed by atoms with van der Waals surface area (Å²) in [4.78, 5) is 5.31. The van der Waals surface area contributed by atoms with Gasteiger partial charge in [-0.2, -0.15) is 0 Å². The molecule has 3 nitrogen and oxygen atoms in total. The predicted molar refractivity (Wildman–Crippen MR) is 84.7 cm³/mol. The molecule has 1 N–H and O–H groups in total. The molecule has 1 heterocycles. The Morgan fingerprint density at radius 3 is 2.47 bits per heavy atom. The first kappa shape index (κ1) is 16.9. The molecule has 3 atom stereocenters. The van der Waals surface area contributed by atoms with Gasteiger partial charge in [-0.05, 0) is 46.3 Å². The highest BCUT2D eigenvalue weighted by Gasteiger charge is 2.31. The zero-order valence-electron chi connectivity index (χ0n) is 13.8. The third-order valence-corrected chi connectivity index (χ3v) is 4.70. The van der Waals surface area contributed by atoms with Crippen LogP contribution in [0.4, 0.5) is 0 Å². The van der Waals surface area contributed by atoms with E-state index in [9.17, 15) is 0 Å². The molecule has 0 spiro atoms. The van der Waals surface area contributed by atoms with Crippen LogP contribution in [0.5, 0.6) is 0 Å². The van der Waals surface area contributed by atoms with E-state index in [1.807, 2.05) is 0 Å². The average molecular weight is 269 g/mol. The van der Waals surface area contributed by atoms with Gasteiger partial charge >= 0.3 is 0 Å². The minimum absolute atomic E-state index is 0.646. The fourth-order valence-electron chi connectivity index (χ4n) is 3.65. The summed E-state index contributed by atoms with van der Waals surface area (Å²) in [6, 6.07) is 2.07. The first-order chi connectivity index (χ1) is 9.17. The van der Waals surface area contributed by atoms with Gasteiger partial charge in [-0.15, -0.1) is 0 Å². The van der Waals surface area contributed by atoms with Crippen molar-refractivity contribution in [3.8, 4) is 0 Å². The van der Waals surface area contributed by atoms with Gasteiger partial charge in [-0.3, -0.25) is 4.90 Å². The molecule has 0 aromatic carbocycles. The Morgan fingerprint density at radius 1 is 1.21 bits per heavy atom. The van der Waals surface area contributed by atoms with Gasteiger partial charge in [-0.1, -0.05) is 27.2 Å². The van der Waals surface area contributed by atoms with Gasteiger partial charge in [-0.25, -0.2) is 0 Å². The molecule has 1 aliphatic rings. The van der Waals surface area contributed by atoms with E-state index in [2.05, 4.69) is 50.0 Å². The highest BCUT2D eigenvalue weighted by Crippen LogP contribution is 2.21. The zero-order valence-corrected chi connectivity index (χ0v) is 13.8. The van der Waals surface area contributed by atoms with Crippen molar-refractivity contribution in [1.82, 2.24) is 15.1 Å². The Morgan fingerprint density at radius 2 is 1.95 bits per heavy atom. The van der Waals surface area contributed by atoms with Crippen LogP contribution in [-0.4, -0.2) is 61.7 Å². The summed E-state index contributed by atoms with van der Waals surface area (Å²) >= 11 is 0. The van der Waals surface area contributed by atoms with Crippen LogP contribution in [0.15, 0.2) is 0 Å². The molecular formula is C16H35N3. The minimum Gasteiger partial charge on any atom is -0.315 e. The Balaban J connectivity index is 2.79. The molecule has 1 saturated heterocycles. The highest BCUT2D eigenvalue weighted by molar-refractivity contribution is 4.89. The van der Waals surface area contributed by atoms with Crippen LogP contribution in [0.1, 0.15) is 52.9 Å². The van der Waals surface area contributed by atoms with Crippen LogP contribution >= 0.6 is 0 Å². The van der Waals surface area contributed by atoms with Crippen LogP contribution in [0.3, 0.4) is 0 Å². The fraction of sp³-hybridized carbons (Fsp3) is 1.00. The van der Waals surface area contributed by atoms with Crippen molar-refractivity contribution in [2.24, 2.45) is 0 Å². The van der Waals surface area contributed by atoms with Crippen molar-refractivity contribution in [2.75, 3.05) is 33.7 Å². The van der Waals surface area contributed by atoms with Gasteiger partial charge in [0.05, 0.1) is 0 Å². The quantitative estimate of drug-likeness (QED) is 0.766. The van der Waals surface area contributed by atoms with Crippen LogP contribution in [0, 0.1) is 0 Å². The summed E-state index contributed by atoms with van der Waals surface area (Å²) in [5, 5.41) is 3.57. The SMILES string of the molecule is CCCC(NC)C(CC)N1CCCN(C)CC1CC. The number of nitrogens with zero attached hydrogens (tertiary/aromatic N) is 2. The molecule has 19 heavy (non-hydrogen) atoms. The Labute approximate surface area is 120 Å². The van der Waals surface area contributed by atoms with Crippen LogP contribution in [-0.2, 0) is 0 Å². The van der Waals surface area contributed by atoms with Crippen molar-refractivity contribution in [2.45, 2.75) is 71.0 Å². The highest BCUT2D eigenvalue weighted by atomic mass is 15.3. The number of hydrogen-bond donors (Lipinski definition) is 1. The largest absolute Gasteiger partial charge is 0.315 e. The summed E-state index contributed by atoms with van der Waals surface area (Å²) in [6.45, 7) is 10.7. The maximum Gasteiger partial charge on any atom is 0.0250 e. The van der Waals surface area contributed by atoms with Crippen molar-refractivity contribution >= 4 is 0 Å². The van der Waals surface area contributed by atoms with E-state index >= 15 is 0 Å². The van der Waals surface area contributed by atoms with Crippen LogP contribution in [0.2, 0.25) is 0 Å². The lowest BCUT2D eigenvalue weighted by atomic mass is 9.97. The standard InChI is InChI=1S/C16H35N3/c1-6-10-15(17-4)16(8-3)19-12-9-11-18(5)13-14(19)7-2/h14-17H,6-13H2,1-5H3. The summed E-state index contributed by atoms with van der Waals surface area (Å²) in [5.74, 6) is 0. The molecule has 3 heteroatoms. The van der Waals surface area contributed by atoms with Gasteiger partial charge < -0.3 is 10.2 Å². The molecule has 114 valence electrons. The molecule has 0 aromatic rings. The Bertz CT molecular complexity index is 232. The molecule has 0 aromatic heterocycles. The third kappa shape index (κ3) is 4.73. The van der Waals surface area contributed by atoms with Gasteiger partial charge in [0, 0.05) is 31.2 Å². The number of likely N-dealkylation sites (N-methyl/N-ethyl adjacent to an activating group) is 2. The molecule has 0 radical (unpaired) electrons. The number of hydrogen-bond acceptors (Lipinski definition) is 3. The van der Waals surface area contributed by atoms with Crippen molar-refractivity contribution in [3.63, 3.8) is 0 Å². The monoisotopic (exact) mass is 269 g/mol. The molecule has 0 aliphatic carbocycles. The topological polar surface area (TPSA) is 18.5 Å². The van der Waals surface area contributed by atoms with E-state index in [1.165, 1.54) is 51.7 Å². The fourth-order valence-corrected chi connectivity index (χ4v) is 3.65. The van der Waals surface area contributed by atoms with Crippen molar-refractivity contribution in [3.05, 3.63) is 0 Å². The lowest BCUT2D eigenvalue weighted by Gasteiger charge is -2.41. The summed E-state index contributed by atoms with van der Waals surface area (Å²) < 4.78 is 0. The van der Waals surface area contributed by atoms with Gasteiger partial charge in [0.1, 0.15) is 0 Å². The molecule has 1 aliphatic heterocycles.